The number of hydrazine groups is 1. The first-order valence-corrected chi connectivity index (χ1v) is 25.1. The molecule has 2 aromatic carbocycles. The summed E-state index contributed by atoms with van der Waals surface area (Å²) in [5.74, 6) is 9.40. The summed E-state index contributed by atoms with van der Waals surface area (Å²) >= 11 is 34.3. The summed E-state index contributed by atoms with van der Waals surface area (Å²) in [6.07, 6.45) is 14.4. The fourth-order valence-corrected chi connectivity index (χ4v) is 8.40. The number of halogens is 6. The number of aromatic amines is 2. The molecular formula is C46H48Cl6N20O5. The average Bonchev–Trinajstić information content (AvgIpc) is 4.27. The first-order valence-electron chi connectivity index (χ1n) is 22.6. The zero-order valence-electron chi connectivity index (χ0n) is 40.9. The molecule has 0 aliphatic carbocycles. The SMILES string of the molecule is COc1cc(N2CCN(C(=O)CCl)CC2)ccc1Cl.COc1cc(N2CCN(C(=O)Cn3ncc4cncnc43)CC2)ccc1Cl.Clc1ncnc2[nH]ncc12.NN.O=Cc1c(Cl)ncnc1Cl.c1ncc2cn[nH]c2n1. The number of methoxy groups -OCH3 is 2. The van der Waals surface area contributed by atoms with Crippen LogP contribution in [0.2, 0.25) is 25.5 Å². The number of carbonyl (C=O) groups excluding carboxylic acids is 3. The molecule has 2 fully saturated rings. The van der Waals surface area contributed by atoms with E-state index in [0.717, 1.165) is 59.4 Å². The number of benzene rings is 2. The normalized spacial score (nSPS) is 12.8. The molecule has 404 valence electrons. The molecule has 6 N–H and O–H groups in total. The molecule has 77 heavy (non-hydrogen) atoms. The van der Waals surface area contributed by atoms with Gasteiger partial charge in [-0.15, -0.1) is 11.6 Å². The number of anilines is 2. The van der Waals surface area contributed by atoms with Gasteiger partial charge in [0, 0.05) is 88.3 Å². The van der Waals surface area contributed by atoms with Crippen LogP contribution < -0.4 is 31.0 Å². The summed E-state index contributed by atoms with van der Waals surface area (Å²) in [6.45, 7) is 5.93. The first kappa shape index (κ1) is 58.9. The van der Waals surface area contributed by atoms with E-state index in [1.54, 1.807) is 54.8 Å². The number of hydrogen-bond donors (Lipinski definition) is 4. The molecule has 2 saturated heterocycles. The molecule has 0 spiro atoms. The number of amides is 2. The number of rotatable bonds is 8. The Morgan fingerprint density at radius 2 is 1.12 bits per heavy atom. The van der Waals surface area contributed by atoms with Gasteiger partial charge in [0.15, 0.2) is 23.2 Å². The van der Waals surface area contributed by atoms with Crippen LogP contribution >= 0.6 is 69.6 Å². The van der Waals surface area contributed by atoms with E-state index < -0.39 is 0 Å². The number of ether oxygens (including phenoxy) is 2. The molecule has 0 atom stereocenters. The van der Waals surface area contributed by atoms with Crippen molar-refractivity contribution >= 4 is 132 Å². The van der Waals surface area contributed by atoms with Crippen molar-refractivity contribution in [1.29, 1.82) is 0 Å². The molecule has 0 saturated carbocycles. The summed E-state index contributed by atoms with van der Waals surface area (Å²) < 4.78 is 12.1. The number of nitrogens with one attached hydrogen (secondary N) is 2. The summed E-state index contributed by atoms with van der Waals surface area (Å²) in [6, 6.07) is 11.4. The molecule has 9 heterocycles. The third-order valence-corrected chi connectivity index (χ3v) is 12.9. The molecule has 2 amide bonds. The minimum Gasteiger partial charge on any atom is -0.495 e. The number of aldehydes is 1. The predicted molar refractivity (Wildman–Crippen MR) is 294 cm³/mol. The first-order chi connectivity index (χ1) is 37.4. The number of fused-ring (bicyclic) bond motifs is 3. The number of nitrogens with two attached hydrogens (primary N) is 2. The van der Waals surface area contributed by atoms with Gasteiger partial charge in [0.1, 0.15) is 64.7 Å². The maximum absolute atomic E-state index is 12.7. The van der Waals surface area contributed by atoms with E-state index in [-0.39, 0.29) is 40.1 Å². The molecular weight excluding hydrogens is 1130 g/mol. The quantitative estimate of drug-likeness (QED) is 0.0456. The number of H-pyrrole nitrogens is 2. The van der Waals surface area contributed by atoms with Gasteiger partial charge in [0.25, 0.3) is 0 Å². The van der Waals surface area contributed by atoms with Crippen LogP contribution in [-0.2, 0) is 16.1 Å². The molecule has 25 nitrogen and oxygen atoms in total. The Labute approximate surface area is 469 Å². The summed E-state index contributed by atoms with van der Waals surface area (Å²) in [5.41, 5.74) is 4.35. The maximum atomic E-state index is 12.7. The molecule has 0 bridgehead atoms. The van der Waals surface area contributed by atoms with E-state index in [1.165, 1.54) is 25.3 Å². The number of nitrogens with zero attached hydrogens (tertiary/aromatic N) is 16. The van der Waals surface area contributed by atoms with Gasteiger partial charge in [0.05, 0.1) is 64.6 Å². The molecule has 11 rings (SSSR count). The van der Waals surface area contributed by atoms with Crippen molar-refractivity contribution in [2.75, 3.05) is 82.3 Å². The summed E-state index contributed by atoms with van der Waals surface area (Å²) in [7, 11) is 3.20. The maximum Gasteiger partial charge on any atom is 0.244 e. The fraction of sp³-hybridized carbons (Fsp3) is 0.261. The van der Waals surface area contributed by atoms with Gasteiger partial charge in [-0.05, 0) is 24.3 Å². The number of carbonyl (C=O) groups is 3. The lowest BCUT2D eigenvalue weighted by atomic mass is 10.2. The van der Waals surface area contributed by atoms with Gasteiger partial charge in [-0.2, -0.15) is 15.3 Å². The van der Waals surface area contributed by atoms with Gasteiger partial charge in [-0.3, -0.25) is 36.3 Å². The Kier molecular flexibility index (Phi) is 22.8. The van der Waals surface area contributed by atoms with Gasteiger partial charge in [-0.25, -0.2) is 44.6 Å². The second kappa shape index (κ2) is 29.8. The average molecular weight is 1170 g/mol. The van der Waals surface area contributed by atoms with E-state index in [1.807, 2.05) is 41.3 Å². The Morgan fingerprint density at radius 3 is 1.65 bits per heavy atom. The highest BCUT2D eigenvalue weighted by atomic mass is 35.5. The Balaban J connectivity index is 0.000000166. The number of aromatic nitrogens is 14. The lowest BCUT2D eigenvalue weighted by Crippen LogP contribution is -2.49. The lowest BCUT2D eigenvalue weighted by molar-refractivity contribution is -0.132. The van der Waals surface area contributed by atoms with Gasteiger partial charge >= 0.3 is 0 Å². The standard InChI is InChI=1S/C18H19ClN6O2.C13H16Cl2N2O2.C5H2Cl2N2O.C5H3ClN4.C5H4N4.H4N2/c1-27-16-8-14(2-3-15(16)19)23-4-6-24(7-5-23)17(26)11-25-18-13(10-22-25)9-20-12-21-18;1-19-12-8-10(2-3-11(12)15)16-4-6-17(7-5-16)13(18)9-14;6-4-3(1-10)5(7)9-2-8-4;6-4-3-1-9-10-5(3)8-2-7-4;1-4-2-8-9-5(4)7-3-6-1;1-2/h2-3,8-10,12H,4-7,11H2,1H3;2-3,8H,4-7,9H2,1H3;1-2H;1-2H,(H,7,8,9,10);1-3H,(H,6,7,8,9);1-2H2. The third kappa shape index (κ3) is 16.1. The Hall–Kier alpha value is -7.36. The minimum atomic E-state index is -0.00463. The molecule has 31 heteroatoms. The summed E-state index contributed by atoms with van der Waals surface area (Å²) in [5, 5.41) is 21.5. The number of hydrogen-bond acceptors (Lipinski definition) is 20. The molecule has 0 radical (unpaired) electrons. The number of piperazine rings is 2. The van der Waals surface area contributed by atoms with Crippen LogP contribution in [0.1, 0.15) is 10.4 Å². The highest BCUT2D eigenvalue weighted by Gasteiger charge is 2.24. The van der Waals surface area contributed by atoms with Crippen molar-refractivity contribution < 1.29 is 23.9 Å². The highest BCUT2D eigenvalue weighted by Crippen LogP contribution is 2.31. The van der Waals surface area contributed by atoms with Crippen molar-refractivity contribution in [3.63, 3.8) is 0 Å². The topological polar surface area (TPSA) is 313 Å². The molecule has 9 aromatic rings. The van der Waals surface area contributed by atoms with Crippen LogP contribution in [0, 0.1) is 0 Å². The summed E-state index contributed by atoms with van der Waals surface area (Å²) in [4.78, 5) is 73.1. The van der Waals surface area contributed by atoms with Gasteiger partial charge in [-0.1, -0.05) is 58.0 Å². The highest BCUT2D eigenvalue weighted by molar-refractivity contribution is 6.37. The van der Waals surface area contributed by atoms with E-state index in [4.69, 9.17) is 79.1 Å². The molecule has 2 aliphatic heterocycles. The second-order valence-electron chi connectivity index (χ2n) is 15.6. The van der Waals surface area contributed by atoms with Crippen molar-refractivity contribution in [1.82, 2.24) is 79.8 Å². The van der Waals surface area contributed by atoms with Crippen LogP contribution in [0.25, 0.3) is 33.1 Å². The van der Waals surface area contributed by atoms with E-state index in [0.29, 0.717) is 70.5 Å². The van der Waals surface area contributed by atoms with Crippen LogP contribution in [0.15, 0.2) is 92.7 Å². The lowest BCUT2D eigenvalue weighted by Gasteiger charge is -2.36. The van der Waals surface area contributed by atoms with Crippen LogP contribution in [0.4, 0.5) is 11.4 Å². The predicted octanol–water partition coefficient (Wildman–Crippen LogP) is 5.85. The van der Waals surface area contributed by atoms with Crippen LogP contribution in [0.5, 0.6) is 11.5 Å². The fourth-order valence-electron chi connectivity index (χ4n) is 7.25. The molecule has 7 aromatic heterocycles. The van der Waals surface area contributed by atoms with Gasteiger partial charge in [0.2, 0.25) is 11.8 Å². The Morgan fingerprint density at radius 1 is 0.610 bits per heavy atom. The molecule has 2 aliphatic rings. The minimum absolute atomic E-state index is 0.00463. The largest absolute Gasteiger partial charge is 0.495 e. The van der Waals surface area contributed by atoms with Crippen LogP contribution in [-0.4, -0.2) is 170 Å². The Bertz CT molecular complexity index is 3290. The van der Waals surface area contributed by atoms with Crippen molar-refractivity contribution in [3.8, 4) is 11.5 Å². The number of alkyl halides is 1. The molecule has 0 unspecified atom stereocenters. The van der Waals surface area contributed by atoms with Crippen molar-refractivity contribution in [2.45, 2.75) is 6.54 Å². The zero-order valence-corrected chi connectivity index (χ0v) is 45.5. The van der Waals surface area contributed by atoms with Crippen LogP contribution in [0.3, 0.4) is 0 Å². The smallest absolute Gasteiger partial charge is 0.244 e. The van der Waals surface area contributed by atoms with E-state index >= 15 is 0 Å². The van der Waals surface area contributed by atoms with Crippen molar-refractivity contribution in [3.05, 3.63) is 124 Å². The van der Waals surface area contributed by atoms with Gasteiger partial charge < -0.3 is 29.1 Å². The van der Waals surface area contributed by atoms with Crippen molar-refractivity contribution in [2.24, 2.45) is 11.7 Å². The van der Waals surface area contributed by atoms with E-state index in [2.05, 4.69) is 86.9 Å². The monoisotopic (exact) mass is 1170 g/mol. The van der Waals surface area contributed by atoms with E-state index in [9.17, 15) is 14.4 Å². The zero-order chi connectivity index (χ0) is 55.3. The third-order valence-electron chi connectivity index (χ3n) is 11.2. The second-order valence-corrected chi connectivity index (χ2v) is 17.7.